The van der Waals surface area contributed by atoms with Crippen LogP contribution in [-0.2, 0) is 10.0 Å². The van der Waals surface area contributed by atoms with E-state index >= 15 is 0 Å². The molecule has 0 saturated carbocycles. The van der Waals surface area contributed by atoms with Crippen molar-refractivity contribution < 1.29 is 8.42 Å². The molecule has 6 nitrogen and oxygen atoms in total. The fraction of sp³-hybridized carbons (Fsp3) is 0.471. The van der Waals surface area contributed by atoms with Crippen molar-refractivity contribution in [2.45, 2.75) is 32.6 Å². The SMILES string of the molecule is Cc1ccc(S(=O)(=O)N2CCN(c3c(C)n[nH]c3C)CC2)c(C)c1. The zero-order valence-corrected chi connectivity index (χ0v) is 15.4. The molecule has 7 heteroatoms. The monoisotopic (exact) mass is 348 g/mol. The number of rotatable bonds is 3. The van der Waals surface area contributed by atoms with E-state index in [1.54, 1.807) is 10.4 Å². The Bertz CT molecular complexity index is 830. The van der Waals surface area contributed by atoms with Crippen molar-refractivity contribution in [3.63, 3.8) is 0 Å². The first-order chi connectivity index (χ1) is 11.3. The lowest BCUT2D eigenvalue weighted by Gasteiger charge is -2.35. The number of aromatic nitrogens is 2. The van der Waals surface area contributed by atoms with Crippen LogP contribution in [0.4, 0.5) is 5.69 Å². The summed E-state index contributed by atoms with van der Waals surface area (Å²) in [5, 5.41) is 7.22. The summed E-state index contributed by atoms with van der Waals surface area (Å²) in [7, 11) is -3.44. The Labute approximate surface area is 143 Å². The lowest BCUT2D eigenvalue weighted by atomic mass is 10.2. The molecule has 2 aromatic rings. The molecule has 1 aliphatic rings. The molecule has 24 heavy (non-hydrogen) atoms. The second-order valence-corrected chi connectivity index (χ2v) is 8.35. The summed E-state index contributed by atoms with van der Waals surface area (Å²) in [6.07, 6.45) is 0. The van der Waals surface area contributed by atoms with Crippen LogP contribution >= 0.6 is 0 Å². The van der Waals surface area contributed by atoms with Gasteiger partial charge in [0.2, 0.25) is 10.0 Å². The van der Waals surface area contributed by atoms with E-state index in [2.05, 4.69) is 15.1 Å². The molecule has 0 aliphatic carbocycles. The van der Waals surface area contributed by atoms with Crippen molar-refractivity contribution >= 4 is 15.7 Å². The summed E-state index contributed by atoms with van der Waals surface area (Å²) >= 11 is 0. The van der Waals surface area contributed by atoms with Crippen LogP contribution in [0.15, 0.2) is 23.1 Å². The molecule has 0 amide bonds. The van der Waals surface area contributed by atoms with Gasteiger partial charge in [0.25, 0.3) is 0 Å². The highest BCUT2D eigenvalue weighted by Crippen LogP contribution is 2.26. The number of aromatic amines is 1. The lowest BCUT2D eigenvalue weighted by molar-refractivity contribution is 0.384. The second-order valence-electron chi connectivity index (χ2n) is 6.44. The van der Waals surface area contributed by atoms with Gasteiger partial charge >= 0.3 is 0 Å². The van der Waals surface area contributed by atoms with Crippen LogP contribution in [0.1, 0.15) is 22.5 Å². The Morgan fingerprint density at radius 3 is 2.25 bits per heavy atom. The molecule has 3 rings (SSSR count). The van der Waals surface area contributed by atoms with E-state index in [1.807, 2.05) is 39.8 Å². The Morgan fingerprint density at radius 1 is 1.04 bits per heavy atom. The molecule has 1 fully saturated rings. The maximum Gasteiger partial charge on any atom is 0.243 e. The number of hydrogen-bond acceptors (Lipinski definition) is 4. The predicted molar refractivity (Wildman–Crippen MR) is 94.9 cm³/mol. The van der Waals surface area contributed by atoms with Crippen molar-refractivity contribution in [3.8, 4) is 0 Å². The maximum absolute atomic E-state index is 12.9. The van der Waals surface area contributed by atoms with E-state index in [1.165, 1.54) is 0 Å². The molecule has 0 unspecified atom stereocenters. The van der Waals surface area contributed by atoms with Gasteiger partial charge in [-0.25, -0.2) is 8.42 Å². The minimum Gasteiger partial charge on any atom is -0.366 e. The molecule has 1 aromatic heterocycles. The van der Waals surface area contributed by atoms with Crippen LogP contribution in [0.2, 0.25) is 0 Å². The number of anilines is 1. The number of aryl methyl sites for hydroxylation is 4. The molecule has 0 radical (unpaired) electrons. The average molecular weight is 348 g/mol. The van der Waals surface area contributed by atoms with E-state index in [-0.39, 0.29) is 0 Å². The Hall–Kier alpha value is -1.86. The fourth-order valence-corrected chi connectivity index (χ4v) is 5.02. The first-order valence-corrected chi connectivity index (χ1v) is 9.58. The van der Waals surface area contributed by atoms with Crippen molar-refractivity contribution in [2.75, 3.05) is 31.1 Å². The van der Waals surface area contributed by atoms with Crippen LogP contribution in [0.5, 0.6) is 0 Å². The second kappa shape index (κ2) is 6.22. The molecule has 0 atom stereocenters. The molecule has 0 spiro atoms. The number of benzene rings is 1. The van der Waals surface area contributed by atoms with Gasteiger partial charge in [0, 0.05) is 26.2 Å². The quantitative estimate of drug-likeness (QED) is 0.923. The third-order valence-corrected chi connectivity index (χ3v) is 6.65. The Kier molecular flexibility index (Phi) is 4.40. The van der Waals surface area contributed by atoms with Crippen molar-refractivity contribution in [1.82, 2.24) is 14.5 Å². The summed E-state index contributed by atoms with van der Waals surface area (Å²) in [5.74, 6) is 0. The van der Waals surface area contributed by atoms with Gasteiger partial charge in [0.15, 0.2) is 0 Å². The maximum atomic E-state index is 12.9. The summed E-state index contributed by atoms with van der Waals surface area (Å²) in [4.78, 5) is 2.62. The third-order valence-electron chi connectivity index (χ3n) is 4.59. The smallest absolute Gasteiger partial charge is 0.243 e. The van der Waals surface area contributed by atoms with Gasteiger partial charge in [0.1, 0.15) is 0 Å². The molecular formula is C17H24N4O2S. The van der Waals surface area contributed by atoms with Gasteiger partial charge in [0.05, 0.1) is 22.0 Å². The zero-order valence-electron chi connectivity index (χ0n) is 14.6. The largest absolute Gasteiger partial charge is 0.366 e. The van der Waals surface area contributed by atoms with Crippen LogP contribution in [0.3, 0.4) is 0 Å². The number of nitrogens with one attached hydrogen (secondary N) is 1. The number of hydrogen-bond donors (Lipinski definition) is 1. The van der Waals surface area contributed by atoms with E-state index < -0.39 is 10.0 Å². The third kappa shape index (κ3) is 2.93. The van der Waals surface area contributed by atoms with Crippen LogP contribution in [0, 0.1) is 27.7 Å². The highest BCUT2D eigenvalue weighted by Gasteiger charge is 2.30. The lowest BCUT2D eigenvalue weighted by Crippen LogP contribution is -2.49. The first-order valence-electron chi connectivity index (χ1n) is 8.14. The van der Waals surface area contributed by atoms with E-state index in [9.17, 15) is 8.42 Å². The topological polar surface area (TPSA) is 69.3 Å². The van der Waals surface area contributed by atoms with Gasteiger partial charge in [-0.15, -0.1) is 0 Å². The normalized spacial score (nSPS) is 16.6. The minimum atomic E-state index is -3.44. The van der Waals surface area contributed by atoms with Crippen LogP contribution in [-0.4, -0.2) is 49.1 Å². The molecule has 1 aliphatic heterocycles. The summed E-state index contributed by atoms with van der Waals surface area (Å²) < 4.78 is 27.5. The Balaban J connectivity index is 1.79. The van der Waals surface area contributed by atoms with Crippen LogP contribution in [0.25, 0.3) is 0 Å². The van der Waals surface area contributed by atoms with Crippen molar-refractivity contribution in [1.29, 1.82) is 0 Å². The van der Waals surface area contributed by atoms with Gasteiger partial charge in [-0.2, -0.15) is 9.40 Å². The molecule has 1 saturated heterocycles. The van der Waals surface area contributed by atoms with E-state index in [0.717, 1.165) is 28.2 Å². The number of sulfonamides is 1. The van der Waals surface area contributed by atoms with Crippen LogP contribution < -0.4 is 4.90 Å². The summed E-state index contributed by atoms with van der Waals surface area (Å²) in [6.45, 7) is 10.1. The number of H-pyrrole nitrogens is 1. The minimum absolute atomic E-state index is 0.414. The van der Waals surface area contributed by atoms with Gasteiger partial charge < -0.3 is 4.90 Å². The highest BCUT2D eigenvalue weighted by molar-refractivity contribution is 7.89. The highest BCUT2D eigenvalue weighted by atomic mass is 32.2. The molecule has 1 aromatic carbocycles. The molecule has 1 N–H and O–H groups in total. The molecule has 2 heterocycles. The molecular weight excluding hydrogens is 324 g/mol. The van der Waals surface area contributed by atoms with Crippen molar-refractivity contribution in [2.24, 2.45) is 0 Å². The molecule has 0 bridgehead atoms. The number of piperazine rings is 1. The fourth-order valence-electron chi connectivity index (χ4n) is 3.39. The standard InChI is InChI=1S/C17H24N4O2S/c1-12-5-6-16(13(2)11-12)24(22,23)21-9-7-20(8-10-21)17-14(3)18-19-15(17)4/h5-6,11H,7-10H2,1-4H3,(H,18,19). The molecule has 130 valence electrons. The summed E-state index contributed by atoms with van der Waals surface area (Å²) in [5.41, 5.74) is 4.95. The first kappa shape index (κ1) is 17.0. The van der Waals surface area contributed by atoms with Crippen molar-refractivity contribution in [3.05, 3.63) is 40.7 Å². The summed E-state index contributed by atoms with van der Waals surface area (Å²) in [6, 6.07) is 5.49. The predicted octanol–water partition coefficient (Wildman–Crippen LogP) is 2.15. The van der Waals surface area contributed by atoms with Gasteiger partial charge in [-0.3, -0.25) is 5.10 Å². The average Bonchev–Trinajstić information content (AvgIpc) is 2.86. The van der Waals surface area contributed by atoms with E-state index in [4.69, 9.17) is 0 Å². The number of nitrogens with zero attached hydrogens (tertiary/aromatic N) is 3. The Morgan fingerprint density at radius 2 is 1.71 bits per heavy atom. The van der Waals surface area contributed by atoms with Gasteiger partial charge in [-0.1, -0.05) is 17.7 Å². The van der Waals surface area contributed by atoms with Gasteiger partial charge in [-0.05, 0) is 39.3 Å². The zero-order chi connectivity index (χ0) is 17.5. The van der Waals surface area contributed by atoms with E-state index in [0.29, 0.717) is 31.1 Å².